The average Bonchev–Trinajstić information content (AvgIpc) is 3.28. The predicted octanol–water partition coefficient (Wildman–Crippen LogP) is 3.01. The molecule has 2 N–H and O–H groups in total. The van der Waals surface area contributed by atoms with Crippen LogP contribution in [0.2, 0.25) is 0 Å². The number of nitrogens with two attached hydrogens (primary N) is 1. The smallest absolute Gasteiger partial charge is 0.131 e. The summed E-state index contributed by atoms with van der Waals surface area (Å²) in [5, 5.41) is 4.41. The highest BCUT2D eigenvalue weighted by atomic mass is 19.1. The number of methoxy groups -OCH3 is 1. The van der Waals surface area contributed by atoms with E-state index < -0.39 is 0 Å². The quantitative estimate of drug-likeness (QED) is 0.766. The molecule has 1 aromatic heterocycles. The highest BCUT2D eigenvalue weighted by Crippen LogP contribution is 2.39. The second-order valence-corrected chi connectivity index (χ2v) is 6.40. The first-order valence-electron chi connectivity index (χ1n) is 8.51. The van der Waals surface area contributed by atoms with Crippen molar-refractivity contribution in [2.24, 2.45) is 5.73 Å². The molecule has 134 valence electrons. The fourth-order valence-electron chi connectivity index (χ4n) is 3.25. The van der Waals surface area contributed by atoms with E-state index in [1.807, 2.05) is 35.1 Å². The Kier molecular flexibility index (Phi) is 4.34. The lowest BCUT2D eigenvalue weighted by Gasteiger charge is -2.10. The minimum absolute atomic E-state index is 0.0973. The van der Waals surface area contributed by atoms with Crippen molar-refractivity contribution in [1.82, 2.24) is 9.78 Å². The van der Waals surface area contributed by atoms with Crippen molar-refractivity contribution >= 4 is 0 Å². The maximum atomic E-state index is 14.0. The summed E-state index contributed by atoms with van der Waals surface area (Å²) < 4.78 is 26.9. The van der Waals surface area contributed by atoms with Gasteiger partial charge in [-0.2, -0.15) is 5.10 Å². The number of fused-ring (bicyclic) bond motifs is 1. The van der Waals surface area contributed by atoms with Crippen LogP contribution in [-0.4, -0.2) is 29.5 Å². The van der Waals surface area contributed by atoms with Crippen LogP contribution in [0.1, 0.15) is 11.1 Å². The van der Waals surface area contributed by atoms with Crippen LogP contribution in [0.5, 0.6) is 11.5 Å². The molecule has 0 saturated carbocycles. The molecule has 2 heterocycles. The van der Waals surface area contributed by atoms with Gasteiger partial charge in [0.1, 0.15) is 23.4 Å². The molecule has 0 aliphatic carbocycles. The monoisotopic (exact) mass is 353 g/mol. The summed E-state index contributed by atoms with van der Waals surface area (Å²) in [6, 6.07) is 10.8. The van der Waals surface area contributed by atoms with Gasteiger partial charge in [-0.05, 0) is 29.8 Å². The molecule has 0 saturated heterocycles. The zero-order chi connectivity index (χ0) is 18.1. The number of rotatable bonds is 5. The lowest BCUT2D eigenvalue weighted by atomic mass is 10.0. The molecule has 1 aliphatic rings. The van der Waals surface area contributed by atoms with Gasteiger partial charge in [0.25, 0.3) is 0 Å². The van der Waals surface area contributed by atoms with Crippen molar-refractivity contribution in [1.29, 1.82) is 0 Å². The molecule has 0 amide bonds. The van der Waals surface area contributed by atoms with E-state index in [1.54, 1.807) is 13.3 Å². The van der Waals surface area contributed by atoms with E-state index in [0.717, 1.165) is 28.0 Å². The Morgan fingerprint density at radius 3 is 2.85 bits per heavy atom. The van der Waals surface area contributed by atoms with Crippen LogP contribution in [0.3, 0.4) is 0 Å². The van der Waals surface area contributed by atoms with E-state index >= 15 is 0 Å². The third kappa shape index (κ3) is 3.15. The minimum Gasteiger partial charge on any atom is -0.497 e. The largest absolute Gasteiger partial charge is 0.497 e. The normalized spacial score (nSPS) is 15.6. The molecule has 2 aromatic carbocycles. The molecule has 1 atom stereocenters. The molecule has 4 rings (SSSR count). The Hall–Kier alpha value is -2.86. The summed E-state index contributed by atoms with van der Waals surface area (Å²) in [6.45, 7) is 1.03. The molecule has 6 heteroatoms. The third-order valence-electron chi connectivity index (χ3n) is 4.57. The van der Waals surface area contributed by atoms with Crippen molar-refractivity contribution in [3.63, 3.8) is 0 Å². The summed E-state index contributed by atoms with van der Waals surface area (Å²) >= 11 is 0. The summed E-state index contributed by atoms with van der Waals surface area (Å²) in [7, 11) is 1.64. The van der Waals surface area contributed by atoms with Gasteiger partial charge in [-0.3, -0.25) is 4.68 Å². The van der Waals surface area contributed by atoms with E-state index in [1.165, 1.54) is 12.1 Å². The maximum Gasteiger partial charge on any atom is 0.131 e. The standard InChI is InChI=1S/C20H20FN3O2/c1-25-17-4-2-13(3-5-17)11-24-12-15(10-23-24)19-8-16(21)6-14-7-18(9-22)26-20(14)19/h2-6,8,10,12,18H,7,9,11,22H2,1H3. The first kappa shape index (κ1) is 16.6. The first-order valence-corrected chi connectivity index (χ1v) is 8.51. The molecule has 0 bridgehead atoms. The molecule has 5 nitrogen and oxygen atoms in total. The second kappa shape index (κ2) is 6.80. The fraction of sp³-hybridized carbons (Fsp3) is 0.250. The topological polar surface area (TPSA) is 62.3 Å². The van der Waals surface area contributed by atoms with Gasteiger partial charge >= 0.3 is 0 Å². The molecule has 1 unspecified atom stereocenters. The molecule has 3 aromatic rings. The van der Waals surface area contributed by atoms with Crippen molar-refractivity contribution in [2.45, 2.75) is 19.1 Å². The first-order chi connectivity index (χ1) is 12.7. The summed E-state index contributed by atoms with van der Waals surface area (Å²) in [5.74, 6) is 1.26. The Labute approximate surface area is 151 Å². The zero-order valence-electron chi connectivity index (χ0n) is 14.5. The molecule has 0 spiro atoms. The van der Waals surface area contributed by atoms with Crippen LogP contribution >= 0.6 is 0 Å². The lowest BCUT2D eigenvalue weighted by Crippen LogP contribution is -2.24. The number of hydrogen-bond donors (Lipinski definition) is 1. The molecular weight excluding hydrogens is 333 g/mol. The maximum absolute atomic E-state index is 14.0. The van der Waals surface area contributed by atoms with Gasteiger partial charge < -0.3 is 15.2 Å². The molecule has 0 fully saturated rings. The summed E-state index contributed by atoms with van der Waals surface area (Å²) in [4.78, 5) is 0. The molecular formula is C20H20FN3O2. The van der Waals surface area contributed by atoms with Crippen LogP contribution in [0.4, 0.5) is 4.39 Å². The Morgan fingerprint density at radius 2 is 2.12 bits per heavy atom. The van der Waals surface area contributed by atoms with Gasteiger partial charge in [0.15, 0.2) is 0 Å². The van der Waals surface area contributed by atoms with Crippen molar-refractivity contribution in [3.05, 3.63) is 65.7 Å². The van der Waals surface area contributed by atoms with Gasteiger partial charge in [0, 0.05) is 35.9 Å². The Bertz CT molecular complexity index is 921. The number of hydrogen-bond acceptors (Lipinski definition) is 4. The molecule has 26 heavy (non-hydrogen) atoms. The Balaban J connectivity index is 1.60. The number of ether oxygens (including phenoxy) is 2. The highest BCUT2D eigenvalue weighted by Gasteiger charge is 2.26. The number of nitrogens with zero attached hydrogens (tertiary/aromatic N) is 2. The van der Waals surface area contributed by atoms with E-state index in [0.29, 0.717) is 25.3 Å². The van der Waals surface area contributed by atoms with Crippen molar-refractivity contribution in [2.75, 3.05) is 13.7 Å². The number of halogens is 1. The van der Waals surface area contributed by atoms with E-state index in [4.69, 9.17) is 15.2 Å². The lowest BCUT2D eigenvalue weighted by molar-refractivity contribution is 0.242. The van der Waals surface area contributed by atoms with Crippen LogP contribution in [0.15, 0.2) is 48.8 Å². The number of benzene rings is 2. The van der Waals surface area contributed by atoms with Gasteiger partial charge in [0.2, 0.25) is 0 Å². The van der Waals surface area contributed by atoms with E-state index in [2.05, 4.69) is 5.10 Å². The van der Waals surface area contributed by atoms with Crippen LogP contribution in [0, 0.1) is 5.82 Å². The number of aromatic nitrogens is 2. The average molecular weight is 353 g/mol. The summed E-state index contributed by atoms with van der Waals surface area (Å²) in [5.41, 5.74) is 9.21. The van der Waals surface area contributed by atoms with Crippen molar-refractivity contribution < 1.29 is 13.9 Å². The molecule has 1 aliphatic heterocycles. The fourth-order valence-corrected chi connectivity index (χ4v) is 3.25. The zero-order valence-corrected chi connectivity index (χ0v) is 14.5. The van der Waals surface area contributed by atoms with Crippen LogP contribution in [-0.2, 0) is 13.0 Å². The van der Waals surface area contributed by atoms with Crippen LogP contribution in [0.25, 0.3) is 11.1 Å². The second-order valence-electron chi connectivity index (χ2n) is 6.40. The van der Waals surface area contributed by atoms with Crippen LogP contribution < -0.4 is 15.2 Å². The van der Waals surface area contributed by atoms with E-state index in [9.17, 15) is 4.39 Å². The van der Waals surface area contributed by atoms with Gasteiger partial charge in [0.05, 0.1) is 19.9 Å². The SMILES string of the molecule is COc1ccc(Cn2cc(-c3cc(F)cc4c3OC(CN)C4)cn2)cc1. The van der Waals surface area contributed by atoms with E-state index in [-0.39, 0.29) is 11.9 Å². The van der Waals surface area contributed by atoms with Gasteiger partial charge in [-0.1, -0.05) is 12.1 Å². The minimum atomic E-state index is -0.275. The third-order valence-corrected chi connectivity index (χ3v) is 4.57. The van der Waals surface area contributed by atoms with Gasteiger partial charge in [-0.15, -0.1) is 0 Å². The highest BCUT2D eigenvalue weighted by molar-refractivity contribution is 5.72. The van der Waals surface area contributed by atoms with Gasteiger partial charge in [-0.25, -0.2) is 4.39 Å². The Morgan fingerprint density at radius 1 is 1.31 bits per heavy atom. The summed E-state index contributed by atoms with van der Waals surface area (Å²) in [6.07, 6.45) is 4.17. The molecule has 0 radical (unpaired) electrons. The predicted molar refractivity (Wildman–Crippen MR) is 96.9 cm³/mol. The van der Waals surface area contributed by atoms with Crippen molar-refractivity contribution in [3.8, 4) is 22.6 Å².